The van der Waals surface area contributed by atoms with Gasteiger partial charge in [-0.25, -0.2) is 18.9 Å². The van der Waals surface area contributed by atoms with Crippen molar-refractivity contribution in [2.45, 2.75) is 0 Å². The molecule has 0 unspecified atom stereocenters. The van der Waals surface area contributed by atoms with Crippen molar-refractivity contribution in [1.82, 2.24) is 19.1 Å². The highest BCUT2D eigenvalue weighted by atomic mass is 35.5. The SMILES string of the molecule is COc1ccc(Cl)cc1-n1c(O)cn(-c2cnccn2)c1=O. The Morgan fingerprint density at radius 1 is 1.32 bits per heavy atom. The molecule has 22 heavy (non-hydrogen) atoms. The first-order valence-electron chi connectivity index (χ1n) is 6.25. The molecule has 2 heterocycles. The molecule has 3 aromatic rings. The summed E-state index contributed by atoms with van der Waals surface area (Å²) in [4.78, 5) is 20.5. The Bertz CT molecular complexity index is 874. The predicted octanol–water partition coefficient (Wildman–Crippen LogP) is 1.79. The fourth-order valence-electron chi connectivity index (χ4n) is 2.08. The second-order valence-electron chi connectivity index (χ2n) is 4.36. The fourth-order valence-corrected chi connectivity index (χ4v) is 2.24. The highest BCUT2D eigenvalue weighted by Crippen LogP contribution is 2.28. The molecule has 3 rings (SSSR count). The summed E-state index contributed by atoms with van der Waals surface area (Å²) in [5, 5.41) is 10.5. The van der Waals surface area contributed by atoms with Crippen LogP contribution in [0.2, 0.25) is 5.02 Å². The Morgan fingerprint density at radius 3 is 2.82 bits per heavy atom. The second-order valence-corrected chi connectivity index (χ2v) is 4.79. The maximum absolute atomic E-state index is 12.6. The number of rotatable bonds is 3. The van der Waals surface area contributed by atoms with Crippen molar-refractivity contribution in [2.24, 2.45) is 0 Å². The predicted molar refractivity (Wildman–Crippen MR) is 80.2 cm³/mol. The van der Waals surface area contributed by atoms with E-state index in [1.807, 2.05) is 0 Å². The number of imidazole rings is 1. The fraction of sp³-hybridized carbons (Fsp3) is 0.0714. The Balaban J connectivity index is 2.24. The third kappa shape index (κ3) is 2.31. The van der Waals surface area contributed by atoms with Gasteiger partial charge >= 0.3 is 5.69 Å². The van der Waals surface area contributed by atoms with Gasteiger partial charge in [-0.15, -0.1) is 0 Å². The van der Waals surface area contributed by atoms with E-state index >= 15 is 0 Å². The third-order valence-electron chi connectivity index (χ3n) is 3.05. The first kappa shape index (κ1) is 14.2. The lowest BCUT2D eigenvalue weighted by atomic mass is 10.3. The maximum atomic E-state index is 12.6. The lowest BCUT2D eigenvalue weighted by molar-refractivity contribution is 0.405. The molecular formula is C14H11ClN4O3. The van der Waals surface area contributed by atoms with Crippen LogP contribution >= 0.6 is 11.6 Å². The van der Waals surface area contributed by atoms with Crippen molar-refractivity contribution in [2.75, 3.05) is 7.11 Å². The molecule has 0 aliphatic rings. The molecule has 0 amide bonds. The van der Waals surface area contributed by atoms with Crippen LogP contribution in [0.15, 0.2) is 47.8 Å². The summed E-state index contributed by atoms with van der Waals surface area (Å²) in [5.41, 5.74) is -0.182. The minimum atomic E-state index is -0.515. The largest absolute Gasteiger partial charge is 0.495 e. The van der Waals surface area contributed by atoms with Crippen LogP contribution < -0.4 is 10.4 Å². The summed E-state index contributed by atoms with van der Waals surface area (Å²) in [6.45, 7) is 0. The van der Waals surface area contributed by atoms with Crippen LogP contribution in [-0.2, 0) is 0 Å². The molecule has 7 nitrogen and oxygen atoms in total. The van der Waals surface area contributed by atoms with E-state index in [9.17, 15) is 9.90 Å². The van der Waals surface area contributed by atoms with Crippen LogP contribution in [0.1, 0.15) is 0 Å². The van der Waals surface area contributed by atoms with E-state index in [2.05, 4.69) is 9.97 Å². The van der Waals surface area contributed by atoms with E-state index in [4.69, 9.17) is 16.3 Å². The quantitative estimate of drug-likeness (QED) is 0.796. The highest BCUT2D eigenvalue weighted by Gasteiger charge is 2.17. The van der Waals surface area contributed by atoms with E-state index in [1.54, 1.807) is 12.1 Å². The smallest absolute Gasteiger partial charge is 0.341 e. The molecule has 0 saturated heterocycles. The van der Waals surface area contributed by atoms with Gasteiger partial charge in [0, 0.05) is 17.4 Å². The van der Waals surface area contributed by atoms with Gasteiger partial charge in [0.25, 0.3) is 0 Å². The van der Waals surface area contributed by atoms with E-state index < -0.39 is 5.69 Å². The van der Waals surface area contributed by atoms with Gasteiger partial charge in [0.2, 0.25) is 5.88 Å². The van der Waals surface area contributed by atoms with E-state index in [-0.39, 0.29) is 5.88 Å². The molecule has 0 radical (unpaired) electrons. The van der Waals surface area contributed by atoms with Crippen LogP contribution in [0.25, 0.3) is 11.5 Å². The molecule has 1 aromatic carbocycles. The van der Waals surface area contributed by atoms with Gasteiger partial charge in [-0.2, -0.15) is 0 Å². The molecule has 0 bridgehead atoms. The van der Waals surface area contributed by atoms with Crippen LogP contribution in [0.4, 0.5) is 0 Å². The maximum Gasteiger partial charge on any atom is 0.341 e. The lowest BCUT2D eigenvalue weighted by Crippen LogP contribution is -2.22. The zero-order valence-electron chi connectivity index (χ0n) is 11.5. The minimum Gasteiger partial charge on any atom is -0.495 e. The third-order valence-corrected chi connectivity index (χ3v) is 3.28. The standard InChI is InChI=1S/C14H11ClN4O3/c1-22-11-3-2-9(15)6-10(11)19-13(20)8-18(14(19)21)12-7-16-4-5-17-12/h2-8,20H,1H3. The van der Waals surface area contributed by atoms with Crippen molar-refractivity contribution >= 4 is 11.6 Å². The number of hydrogen-bond donors (Lipinski definition) is 1. The number of hydrogen-bond acceptors (Lipinski definition) is 5. The molecule has 0 spiro atoms. The number of aromatic nitrogens is 4. The molecule has 0 atom stereocenters. The first-order chi connectivity index (χ1) is 10.6. The van der Waals surface area contributed by atoms with Crippen LogP contribution in [0.3, 0.4) is 0 Å². The zero-order valence-corrected chi connectivity index (χ0v) is 12.2. The molecule has 112 valence electrons. The van der Waals surface area contributed by atoms with Gasteiger partial charge in [-0.3, -0.25) is 4.98 Å². The molecule has 2 aromatic heterocycles. The van der Waals surface area contributed by atoms with Crippen molar-refractivity contribution < 1.29 is 9.84 Å². The van der Waals surface area contributed by atoms with Gasteiger partial charge in [0.05, 0.1) is 25.2 Å². The van der Waals surface area contributed by atoms with Crippen molar-refractivity contribution in [3.8, 4) is 23.1 Å². The van der Waals surface area contributed by atoms with Crippen LogP contribution in [0, 0.1) is 0 Å². The second kappa shape index (κ2) is 5.53. The summed E-state index contributed by atoms with van der Waals surface area (Å²) in [6, 6.07) is 4.78. The van der Waals surface area contributed by atoms with Crippen LogP contribution in [0.5, 0.6) is 11.6 Å². The number of benzene rings is 1. The minimum absolute atomic E-state index is 0.267. The lowest BCUT2D eigenvalue weighted by Gasteiger charge is -2.09. The van der Waals surface area contributed by atoms with Gasteiger partial charge in [0.1, 0.15) is 5.75 Å². The first-order valence-corrected chi connectivity index (χ1v) is 6.63. The van der Waals surface area contributed by atoms with E-state index in [0.717, 1.165) is 4.57 Å². The van der Waals surface area contributed by atoms with Gasteiger partial charge in [-0.05, 0) is 18.2 Å². The normalized spacial score (nSPS) is 10.6. The van der Waals surface area contributed by atoms with Gasteiger partial charge in [-0.1, -0.05) is 11.6 Å². The summed E-state index contributed by atoms with van der Waals surface area (Å²) >= 11 is 5.97. The number of halogens is 1. The van der Waals surface area contributed by atoms with Crippen molar-refractivity contribution in [3.05, 3.63) is 58.5 Å². The Morgan fingerprint density at radius 2 is 2.14 bits per heavy atom. The van der Waals surface area contributed by atoms with Gasteiger partial charge in [0.15, 0.2) is 5.82 Å². The monoisotopic (exact) mass is 318 g/mol. The molecule has 0 fully saturated rings. The average Bonchev–Trinajstić information content (AvgIpc) is 2.83. The number of aromatic hydroxyl groups is 1. The zero-order chi connectivity index (χ0) is 15.7. The molecule has 0 saturated carbocycles. The highest BCUT2D eigenvalue weighted by molar-refractivity contribution is 6.30. The Kier molecular flexibility index (Phi) is 3.56. The number of nitrogens with zero attached hydrogens (tertiary/aromatic N) is 4. The van der Waals surface area contributed by atoms with Gasteiger partial charge < -0.3 is 9.84 Å². The van der Waals surface area contributed by atoms with E-state index in [0.29, 0.717) is 22.3 Å². The molecular weight excluding hydrogens is 308 g/mol. The van der Waals surface area contributed by atoms with Crippen molar-refractivity contribution in [3.63, 3.8) is 0 Å². The average molecular weight is 319 g/mol. The number of methoxy groups -OCH3 is 1. The molecule has 8 heteroatoms. The van der Waals surface area contributed by atoms with E-state index in [1.165, 1.54) is 42.5 Å². The summed E-state index contributed by atoms with van der Waals surface area (Å²) in [6.07, 6.45) is 5.62. The number of ether oxygens (including phenoxy) is 1. The Hall–Kier alpha value is -2.80. The summed E-state index contributed by atoms with van der Waals surface area (Å²) in [7, 11) is 1.47. The van der Waals surface area contributed by atoms with Crippen molar-refractivity contribution in [1.29, 1.82) is 0 Å². The summed E-state index contributed by atoms with van der Waals surface area (Å²) in [5.74, 6) is 0.428. The topological polar surface area (TPSA) is 82.2 Å². The summed E-state index contributed by atoms with van der Waals surface area (Å²) < 4.78 is 7.48. The van der Waals surface area contributed by atoms with Crippen LogP contribution in [-0.4, -0.2) is 31.3 Å². The Labute approximate surface area is 130 Å². The molecule has 0 aliphatic heterocycles. The molecule has 0 aliphatic carbocycles. The molecule has 1 N–H and O–H groups in total.